The van der Waals surface area contributed by atoms with Gasteiger partial charge in [-0.05, 0) is 55.5 Å². The molecule has 1 amide bonds. The second-order valence-electron chi connectivity index (χ2n) is 6.40. The van der Waals surface area contributed by atoms with Crippen molar-refractivity contribution < 1.29 is 14.1 Å². The summed E-state index contributed by atoms with van der Waals surface area (Å²) in [6.07, 6.45) is 3.66. The molecular weight excluding hydrogens is 384 g/mol. The molecule has 152 valence electrons. The first-order chi connectivity index (χ1) is 14.7. The molecule has 4 rings (SSSR count). The van der Waals surface area contributed by atoms with Gasteiger partial charge in [-0.2, -0.15) is 10.1 Å². The molecule has 0 aliphatic carbocycles. The van der Waals surface area contributed by atoms with Crippen molar-refractivity contribution in [2.24, 2.45) is 0 Å². The van der Waals surface area contributed by atoms with E-state index in [4.69, 9.17) is 9.26 Å². The van der Waals surface area contributed by atoms with Crippen molar-refractivity contribution in [2.75, 3.05) is 11.9 Å². The molecule has 0 saturated carbocycles. The number of nitrogens with zero attached hydrogens (tertiary/aromatic N) is 5. The average molecular weight is 404 g/mol. The lowest BCUT2D eigenvalue weighted by Gasteiger charge is -2.05. The third-order valence-corrected chi connectivity index (χ3v) is 4.29. The number of benzene rings is 2. The minimum atomic E-state index is -0.135. The van der Waals surface area contributed by atoms with Crippen LogP contribution >= 0.6 is 0 Å². The molecule has 0 aliphatic heterocycles. The standard InChI is InChI=1S/C21H20N6O3/c1-2-29-18-9-3-15(4-10-18)21-25-20(30-26-21)12-11-19(28)24-16-5-7-17(8-6-16)27-14-22-13-23-27/h3-10,13-14H,2,11-12H2,1H3,(H,24,28). The fraction of sp³-hybridized carbons (Fsp3) is 0.190. The summed E-state index contributed by atoms with van der Waals surface area (Å²) in [7, 11) is 0. The third kappa shape index (κ3) is 4.69. The number of carbonyl (C=O) groups excluding carboxylic acids is 1. The van der Waals surface area contributed by atoms with Gasteiger partial charge in [0.25, 0.3) is 0 Å². The van der Waals surface area contributed by atoms with Gasteiger partial charge in [-0.3, -0.25) is 4.79 Å². The van der Waals surface area contributed by atoms with Crippen molar-refractivity contribution in [3.05, 3.63) is 67.1 Å². The van der Waals surface area contributed by atoms with E-state index < -0.39 is 0 Å². The zero-order valence-corrected chi connectivity index (χ0v) is 16.4. The summed E-state index contributed by atoms with van der Waals surface area (Å²) in [4.78, 5) is 20.5. The Morgan fingerprint density at radius 2 is 1.93 bits per heavy atom. The van der Waals surface area contributed by atoms with Crippen LogP contribution in [0.25, 0.3) is 17.1 Å². The molecule has 9 heteroatoms. The van der Waals surface area contributed by atoms with E-state index in [0.29, 0.717) is 30.4 Å². The van der Waals surface area contributed by atoms with E-state index >= 15 is 0 Å². The maximum atomic E-state index is 12.2. The van der Waals surface area contributed by atoms with Gasteiger partial charge >= 0.3 is 0 Å². The third-order valence-electron chi connectivity index (χ3n) is 4.29. The molecular formula is C21H20N6O3. The lowest BCUT2D eigenvalue weighted by molar-refractivity contribution is -0.116. The summed E-state index contributed by atoms with van der Waals surface area (Å²) in [5, 5.41) is 10.9. The molecule has 9 nitrogen and oxygen atoms in total. The number of rotatable bonds is 8. The van der Waals surface area contributed by atoms with Gasteiger partial charge in [-0.15, -0.1) is 0 Å². The molecule has 30 heavy (non-hydrogen) atoms. The highest BCUT2D eigenvalue weighted by atomic mass is 16.5. The number of hydrogen-bond donors (Lipinski definition) is 1. The van der Waals surface area contributed by atoms with Crippen LogP contribution in [0.2, 0.25) is 0 Å². The van der Waals surface area contributed by atoms with E-state index in [1.165, 1.54) is 6.33 Å². The predicted molar refractivity (Wildman–Crippen MR) is 109 cm³/mol. The molecule has 0 spiro atoms. The van der Waals surface area contributed by atoms with Gasteiger partial charge in [0.15, 0.2) is 0 Å². The highest BCUT2D eigenvalue weighted by Crippen LogP contribution is 2.20. The quantitative estimate of drug-likeness (QED) is 0.480. The smallest absolute Gasteiger partial charge is 0.227 e. The van der Waals surface area contributed by atoms with E-state index in [9.17, 15) is 4.79 Å². The van der Waals surface area contributed by atoms with E-state index in [1.54, 1.807) is 11.0 Å². The predicted octanol–water partition coefficient (Wildman–Crippen LogP) is 3.29. The number of anilines is 1. The van der Waals surface area contributed by atoms with Crippen LogP contribution < -0.4 is 10.1 Å². The summed E-state index contributed by atoms with van der Waals surface area (Å²) >= 11 is 0. The second-order valence-corrected chi connectivity index (χ2v) is 6.40. The molecule has 4 aromatic rings. The topological polar surface area (TPSA) is 108 Å². The average Bonchev–Trinajstić information content (AvgIpc) is 3.46. The number of carbonyl (C=O) groups is 1. The Bertz CT molecular complexity index is 1090. The Balaban J connectivity index is 1.30. The highest BCUT2D eigenvalue weighted by Gasteiger charge is 2.11. The van der Waals surface area contributed by atoms with Gasteiger partial charge in [0.2, 0.25) is 17.6 Å². The summed E-state index contributed by atoms with van der Waals surface area (Å²) < 4.78 is 12.3. The van der Waals surface area contributed by atoms with Crippen LogP contribution in [0.1, 0.15) is 19.2 Å². The number of nitrogens with one attached hydrogen (secondary N) is 1. The van der Waals surface area contributed by atoms with Crippen molar-refractivity contribution in [3.8, 4) is 22.8 Å². The van der Waals surface area contributed by atoms with Crippen molar-refractivity contribution in [2.45, 2.75) is 19.8 Å². The van der Waals surface area contributed by atoms with Gasteiger partial charge in [-0.1, -0.05) is 5.16 Å². The Morgan fingerprint density at radius 1 is 1.13 bits per heavy atom. The minimum Gasteiger partial charge on any atom is -0.494 e. The molecule has 1 N–H and O–H groups in total. The van der Waals surface area contributed by atoms with Crippen molar-refractivity contribution >= 4 is 11.6 Å². The Labute approximate surface area is 172 Å². The van der Waals surface area contributed by atoms with Gasteiger partial charge in [0.1, 0.15) is 18.4 Å². The van der Waals surface area contributed by atoms with Crippen LogP contribution in [0.15, 0.2) is 65.7 Å². The molecule has 0 saturated heterocycles. The van der Waals surface area contributed by atoms with Gasteiger partial charge in [0, 0.05) is 24.1 Å². The van der Waals surface area contributed by atoms with Gasteiger partial charge in [0.05, 0.1) is 12.3 Å². The fourth-order valence-electron chi connectivity index (χ4n) is 2.82. The molecule has 2 heterocycles. The van der Waals surface area contributed by atoms with Crippen molar-refractivity contribution in [1.29, 1.82) is 0 Å². The summed E-state index contributed by atoms with van der Waals surface area (Å²) in [6, 6.07) is 14.8. The summed E-state index contributed by atoms with van der Waals surface area (Å²) in [5.41, 5.74) is 2.38. The van der Waals surface area contributed by atoms with Crippen LogP contribution in [0.5, 0.6) is 5.75 Å². The molecule has 0 bridgehead atoms. The Morgan fingerprint density at radius 3 is 2.63 bits per heavy atom. The summed E-state index contributed by atoms with van der Waals surface area (Å²) in [5.74, 6) is 1.55. The van der Waals surface area contributed by atoms with Gasteiger partial charge < -0.3 is 14.6 Å². The molecule has 2 aromatic heterocycles. The van der Waals surface area contributed by atoms with E-state index in [2.05, 4.69) is 25.5 Å². The largest absolute Gasteiger partial charge is 0.494 e. The second kappa shape index (κ2) is 8.99. The molecule has 0 unspecified atom stereocenters. The van der Waals surface area contributed by atoms with E-state index in [1.807, 2.05) is 55.5 Å². The van der Waals surface area contributed by atoms with Crippen LogP contribution in [-0.2, 0) is 11.2 Å². The first-order valence-electron chi connectivity index (χ1n) is 9.52. The van der Waals surface area contributed by atoms with E-state index in [0.717, 1.165) is 17.0 Å². The highest BCUT2D eigenvalue weighted by molar-refractivity contribution is 5.90. The molecule has 0 atom stereocenters. The zero-order valence-electron chi connectivity index (χ0n) is 16.4. The Hall–Kier alpha value is -4.01. The number of ether oxygens (including phenoxy) is 1. The van der Waals surface area contributed by atoms with Gasteiger partial charge in [-0.25, -0.2) is 9.67 Å². The van der Waals surface area contributed by atoms with Crippen LogP contribution in [0.3, 0.4) is 0 Å². The molecule has 0 aliphatic rings. The van der Waals surface area contributed by atoms with Crippen LogP contribution in [0, 0.1) is 0 Å². The number of aromatic nitrogens is 5. The minimum absolute atomic E-state index is 0.135. The first kappa shape index (κ1) is 19.3. The lowest BCUT2D eigenvalue weighted by Crippen LogP contribution is -2.12. The normalized spacial score (nSPS) is 10.7. The maximum absolute atomic E-state index is 12.2. The first-order valence-corrected chi connectivity index (χ1v) is 9.52. The number of aryl methyl sites for hydroxylation is 1. The number of amides is 1. The zero-order chi connectivity index (χ0) is 20.8. The van der Waals surface area contributed by atoms with Crippen LogP contribution in [-0.4, -0.2) is 37.4 Å². The maximum Gasteiger partial charge on any atom is 0.227 e. The Kier molecular flexibility index (Phi) is 5.79. The SMILES string of the molecule is CCOc1ccc(-c2noc(CCC(=O)Nc3ccc(-n4cncn4)cc3)n2)cc1. The number of hydrogen-bond acceptors (Lipinski definition) is 7. The van der Waals surface area contributed by atoms with E-state index in [-0.39, 0.29) is 12.3 Å². The summed E-state index contributed by atoms with van der Waals surface area (Å²) in [6.45, 7) is 2.54. The molecule has 2 aromatic carbocycles. The molecule has 0 radical (unpaired) electrons. The van der Waals surface area contributed by atoms with Crippen molar-refractivity contribution in [3.63, 3.8) is 0 Å². The van der Waals surface area contributed by atoms with Crippen LogP contribution in [0.4, 0.5) is 5.69 Å². The lowest BCUT2D eigenvalue weighted by atomic mass is 10.2. The monoisotopic (exact) mass is 404 g/mol. The molecule has 0 fully saturated rings. The fourth-order valence-corrected chi connectivity index (χ4v) is 2.82. The van der Waals surface area contributed by atoms with Crippen molar-refractivity contribution in [1.82, 2.24) is 24.9 Å².